The fraction of sp³-hybridized carbons (Fsp3) is 0.312. The normalized spacial score (nSPS) is 11.9. The van der Waals surface area contributed by atoms with Gasteiger partial charge in [0.1, 0.15) is 5.69 Å². The maximum atomic E-state index is 12.1. The Kier molecular flexibility index (Phi) is 4.93. The fourth-order valence-electron chi connectivity index (χ4n) is 2.19. The van der Waals surface area contributed by atoms with E-state index in [1.54, 1.807) is 0 Å². The Morgan fingerprint density at radius 3 is 2.82 bits per heavy atom. The van der Waals surface area contributed by atoms with Crippen molar-refractivity contribution in [3.8, 4) is 0 Å². The summed E-state index contributed by atoms with van der Waals surface area (Å²) in [6.07, 6.45) is 4.98. The van der Waals surface area contributed by atoms with Crippen LogP contribution in [0.2, 0.25) is 0 Å². The molecule has 0 aliphatic carbocycles. The van der Waals surface area contributed by atoms with Crippen LogP contribution < -0.4 is 5.32 Å². The Balaban J connectivity index is 1.92. The number of carbonyl (C=O) groups is 2. The van der Waals surface area contributed by atoms with E-state index in [1.165, 1.54) is 24.0 Å². The third kappa shape index (κ3) is 3.94. The van der Waals surface area contributed by atoms with E-state index in [9.17, 15) is 9.59 Å². The Labute approximate surface area is 128 Å². The van der Waals surface area contributed by atoms with Gasteiger partial charge in [0.25, 0.3) is 5.91 Å². The van der Waals surface area contributed by atoms with Crippen molar-refractivity contribution >= 4 is 11.9 Å². The number of aromatic carboxylic acids is 1. The van der Waals surface area contributed by atoms with E-state index in [0.29, 0.717) is 5.56 Å². The molecule has 0 saturated carbocycles. The maximum Gasteiger partial charge on any atom is 0.354 e. The predicted octanol–water partition coefficient (Wildman–Crippen LogP) is 1.87. The van der Waals surface area contributed by atoms with Gasteiger partial charge in [-0.15, -0.1) is 0 Å². The highest BCUT2D eigenvalue weighted by molar-refractivity contribution is 5.96. The molecule has 2 aromatic rings. The highest BCUT2D eigenvalue weighted by Gasteiger charge is 2.13. The Morgan fingerprint density at radius 1 is 1.41 bits per heavy atom. The molecule has 2 N–H and O–H groups in total. The molecule has 0 spiro atoms. The molecule has 0 aliphatic rings. The monoisotopic (exact) mass is 301 g/mol. The van der Waals surface area contributed by atoms with Gasteiger partial charge < -0.3 is 15.0 Å². The first-order chi connectivity index (χ1) is 10.5. The van der Waals surface area contributed by atoms with Gasteiger partial charge in [0.2, 0.25) is 0 Å². The van der Waals surface area contributed by atoms with Crippen LogP contribution in [0.1, 0.15) is 39.9 Å². The summed E-state index contributed by atoms with van der Waals surface area (Å²) in [7, 11) is 1.99. The number of pyridine rings is 1. The molecule has 0 saturated heterocycles. The molecule has 0 radical (unpaired) electrons. The molecule has 0 aromatic carbocycles. The number of rotatable bonds is 6. The van der Waals surface area contributed by atoms with Gasteiger partial charge in [0, 0.05) is 36.7 Å². The Hall–Kier alpha value is -2.63. The summed E-state index contributed by atoms with van der Waals surface area (Å²) in [5.41, 5.74) is 1.38. The second-order valence-corrected chi connectivity index (χ2v) is 5.26. The average molecular weight is 301 g/mol. The lowest BCUT2D eigenvalue weighted by molar-refractivity contribution is 0.0690. The van der Waals surface area contributed by atoms with Crippen molar-refractivity contribution in [2.24, 2.45) is 7.05 Å². The van der Waals surface area contributed by atoms with Crippen molar-refractivity contribution in [2.45, 2.75) is 25.8 Å². The average Bonchev–Trinajstić information content (AvgIpc) is 2.90. The van der Waals surface area contributed by atoms with Crippen LogP contribution in [0.4, 0.5) is 0 Å². The lowest BCUT2D eigenvalue weighted by Gasteiger charge is -2.14. The van der Waals surface area contributed by atoms with Crippen LogP contribution in [0.15, 0.2) is 36.7 Å². The van der Waals surface area contributed by atoms with Crippen LogP contribution >= 0.6 is 0 Å². The fourth-order valence-corrected chi connectivity index (χ4v) is 2.19. The number of carboxylic acids is 1. The molecule has 2 heterocycles. The number of aryl methyl sites for hydroxylation is 2. The molecule has 2 rings (SSSR count). The zero-order valence-electron chi connectivity index (χ0n) is 12.6. The van der Waals surface area contributed by atoms with Gasteiger partial charge in [-0.1, -0.05) is 0 Å². The lowest BCUT2D eigenvalue weighted by Crippen LogP contribution is -2.33. The largest absolute Gasteiger partial charge is 0.477 e. The summed E-state index contributed by atoms with van der Waals surface area (Å²) in [5, 5.41) is 11.8. The molecule has 22 heavy (non-hydrogen) atoms. The Bertz CT molecular complexity index is 679. The van der Waals surface area contributed by atoms with Crippen LogP contribution in [0.3, 0.4) is 0 Å². The van der Waals surface area contributed by atoms with E-state index in [1.807, 2.05) is 26.2 Å². The first kappa shape index (κ1) is 15.8. The van der Waals surface area contributed by atoms with E-state index in [2.05, 4.69) is 20.9 Å². The molecule has 0 fully saturated rings. The second-order valence-electron chi connectivity index (χ2n) is 5.26. The molecular formula is C16H19N3O3. The molecule has 2 aromatic heterocycles. The summed E-state index contributed by atoms with van der Waals surface area (Å²) in [5.74, 6) is -1.43. The lowest BCUT2D eigenvalue weighted by atomic mass is 10.1. The minimum Gasteiger partial charge on any atom is -0.477 e. The van der Waals surface area contributed by atoms with Gasteiger partial charge in [-0.3, -0.25) is 4.79 Å². The molecule has 0 aliphatic heterocycles. The van der Waals surface area contributed by atoms with Gasteiger partial charge >= 0.3 is 5.97 Å². The number of hydrogen-bond acceptors (Lipinski definition) is 3. The molecule has 1 unspecified atom stereocenters. The predicted molar refractivity (Wildman–Crippen MR) is 81.9 cm³/mol. The topological polar surface area (TPSA) is 84.2 Å². The van der Waals surface area contributed by atoms with Crippen LogP contribution in [0.5, 0.6) is 0 Å². The molecular weight excluding hydrogens is 282 g/mol. The Morgan fingerprint density at radius 2 is 2.18 bits per heavy atom. The summed E-state index contributed by atoms with van der Waals surface area (Å²) in [4.78, 5) is 26.7. The summed E-state index contributed by atoms with van der Waals surface area (Å²) in [6, 6.07) is 6.82. The van der Waals surface area contributed by atoms with Crippen molar-refractivity contribution in [1.82, 2.24) is 14.9 Å². The summed E-state index contributed by atoms with van der Waals surface area (Å²) in [6.45, 7) is 1.93. The highest BCUT2D eigenvalue weighted by atomic mass is 16.4. The smallest absolute Gasteiger partial charge is 0.354 e. The molecule has 116 valence electrons. The number of nitrogens with one attached hydrogen (secondary N) is 1. The van der Waals surface area contributed by atoms with Gasteiger partial charge in [-0.2, -0.15) is 0 Å². The number of hydrogen-bond donors (Lipinski definition) is 2. The van der Waals surface area contributed by atoms with Gasteiger partial charge in [-0.25, -0.2) is 9.78 Å². The molecule has 1 atom stereocenters. The van der Waals surface area contributed by atoms with Crippen molar-refractivity contribution in [3.05, 3.63) is 53.6 Å². The van der Waals surface area contributed by atoms with E-state index in [0.717, 1.165) is 12.8 Å². The molecule has 6 heteroatoms. The molecule has 0 bridgehead atoms. The van der Waals surface area contributed by atoms with E-state index >= 15 is 0 Å². The SMILES string of the molecule is CC(CCc1cccn1C)NC(=O)c1ccnc(C(=O)O)c1. The zero-order chi connectivity index (χ0) is 16.1. The van der Waals surface area contributed by atoms with Crippen molar-refractivity contribution in [3.63, 3.8) is 0 Å². The van der Waals surface area contributed by atoms with Crippen molar-refractivity contribution < 1.29 is 14.7 Å². The summed E-state index contributed by atoms with van der Waals surface area (Å²) >= 11 is 0. The quantitative estimate of drug-likeness (QED) is 0.853. The maximum absolute atomic E-state index is 12.1. The third-order valence-electron chi connectivity index (χ3n) is 3.50. The number of carboxylic acid groups (broad SMARTS) is 1. The number of amides is 1. The van der Waals surface area contributed by atoms with E-state index in [4.69, 9.17) is 5.11 Å². The zero-order valence-corrected chi connectivity index (χ0v) is 12.6. The van der Waals surface area contributed by atoms with E-state index < -0.39 is 5.97 Å². The van der Waals surface area contributed by atoms with Crippen LogP contribution in [-0.4, -0.2) is 32.6 Å². The van der Waals surface area contributed by atoms with Crippen molar-refractivity contribution in [2.75, 3.05) is 0 Å². The van der Waals surface area contributed by atoms with Crippen molar-refractivity contribution in [1.29, 1.82) is 0 Å². The molecule has 6 nitrogen and oxygen atoms in total. The number of aromatic nitrogens is 2. The number of carbonyl (C=O) groups excluding carboxylic acids is 1. The minimum absolute atomic E-state index is 0.0103. The third-order valence-corrected chi connectivity index (χ3v) is 3.50. The second kappa shape index (κ2) is 6.89. The molecule has 1 amide bonds. The van der Waals surface area contributed by atoms with Gasteiger partial charge in [-0.05, 0) is 44.0 Å². The minimum atomic E-state index is -1.15. The van der Waals surface area contributed by atoms with E-state index in [-0.39, 0.29) is 17.6 Å². The van der Waals surface area contributed by atoms with Gasteiger partial charge in [0.05, 0.1) is 0 Å². The van der Waals surface area contributed by atoms with Crippen LogP contribution in [0.25, 0.3) is 0 Å². The first-order valence-corrected chi connectivity index (χ1v) is 7.08. The number of nitrogens with zero attached hydrogens (tertiary/aromatic N) is 2. The van der Waals surface area contributed by atoms with Crippen LogP contribution in [0, 0.1) is 0 Å². The highest BCUT2D eigenvalue weighted by Crippen LogP contribution is 2.07. The van der Waals surface area contributed by atoms with Gasteiger partial charge in [0.15, 0.2) is 0 Å². The summed E-state index contributed by atoms with van der Waals surface area (Å²) < 4.78 is 2.05. The standard InChI is InChI=1S/C16H19N3O3/c1-11(5-6-13-4-3-9-19(13)2)18-15(20)12-7-8-17-14(10-12)16(21)22/h3-4,7-11H,5-6H2,1-2H3,(H,18,20)(H,21,22). The first-order valence-electron chi connectivity index (χ1n) is 7.08. The van der Waals surface area contributed by atoms with Crippen LogP contribution in [-0.2, 0) is 13.5 Å².